The molecule has 0 aliphatic rings. The number of carbonyl (C=O) groups excluding carboxylic acids is 2. The van der Waals surface area contributed by atoms with E-state index in [0.29, 0.717) is 5.75 Å². The van der Waals surface area contributed by atoms with Crippen molar-refractivity contribution < 1.29 is 32.4 Å². The molecule has 0 aliphatic carbocycles. The molecule has 0 unspecified atom stereocenters. The number of esters is 1. The number of sulfonamides is 1. The fourth-order valence-electron chi connectivity index (χ4n) is 3.35. The number of hydrogen-bond donors (Lipinski definition) is 0. The monoisotopic (exact) mass is 527 g/mol. The highest BCUT2D eigenvalue weighted by Crippen LogP contribution is 2.37. The van der Waals surface area contributed by atoms with Crippen molar-refractivity contribution in [3.05, 3.63) is 94.5 Å². The fraction of sp³-hybridized carbons (Fsp3) is 0.200. The molecule has 0 saturated carbocycles. The van der Waals surface area contributed by atoms with Crippen LogP contribution >= 0.6 is 0 Å². The molecule has 0 fully saturated rings. The van der Waals surface area contributed by atoms with Crippen molar-refractivity contribution >= 4 is 33.3 Å². The SMILES string of the molecule is CCOC(=O)CN(CN(c1ccc([N+](=O)[O-])cc1Oc1ccccc1)S(C)(=O)=O)C(=O)c1ccccc1. The maximum absolute atomic E-state index is 13.3. The summed E-state index contributed by atoms with van der Waals surface area (Å²) in [5, 5.41) is 11.4. The van der Waals surface area contributed by atoms with E-state index in [1.807, 2.05) is 0 Å². The van der Waals surface area contributed by atoms with Gasteiger partial charge in [0.05, 0.1) is 29.5 Å². The zero-order valence-corrected chi connectivity index (χ0v) is 21.0. The first kappa shape index (κ1) is 27.1. The van der Waals surface area contributed by atoms with Gasteiger partial charge in [-0.2, -0.15) is 0 Å². The fourth-order valence-corrected chi connectivity index (χ4v) is 4.20. The third kappa shape index (κ3) is 7.27. The quantitative estimate of drug-likeness (QED) is 0.159. The van der Waals surface area contributed by atoms with E-state index in [-0.39, 0.29) is 29.3 Å². The van der Waals surface area contributed by atoms with Gasteiger partial charge in [-0.3, -0.25) is 19.7 Å². The molecule has 0 N–H and O–H groups in total. The van der Waals surface area contributed by atoms with Gasteiger partial charge in [-0.15, -0.1) is 0 Å². The van der Waals surface area contributed by atoms with E-state index >= 15 is 0 Å². The Balaban J connectivity index is 2.08. The zero-order chi connectivity index (χ0) is 27.0. The van der Waals surface area contributed by atoms with Gasteiger partial charge in [0.1, 0.15) is 19.0 Å². The molecule has 0 heterocycles. The second-order valence-corrected chi connectivity index (χ2v) is 9.66. The van der Waals surface area contributed by atoms with Gasteiger partial charge in [0, 0.05) is 11.6 Å². The highest BCUT2D eigenvalue weighted by molar-refractivity contribution is 7.92. The number of non-ortho nitro benzene ring substituents is 1. The molecule has 0 atom stereocenters. The van der Waals surface area contributed by atoms with Gasteiger partial charge in [0.2, 0.25) is 10.0 Å². The summed E-state index contributed by atoms with van der Waals surface area (Å²) in [6.45, 7) is 0.553. The second-order valence-electron chi connectivity index (χ2n) is 7.75. The smallest absolute Gasteiger partial charge is 0.325 e. The summed E-state index contributed by atoms with van der Waals surface area (Å²) in [7, 11) is -4.09. The third-order valence-corrected chi connectivity index (χ3v) is 6.14. The molecule has 0 bridgehead atoms. The number of amides is 1. The maximum Gasteiger partial charge on any atom is 0.325 e. The van der Waals surface area contributed by atoms with E-state index in [0.717, 1.165) is 27.6 Å². The van der Waals surface area contributed by atoms with Crippen LogP contribution < -0.4 is 9.04 Å². The van der Waals surface area contributed by atoms with Crippen LogP contribution in [-0.4, -0.2) is 56.2 Å². The number of rotatable bonds is 11. The average Bonchev–Trinajstić information content (AvgIpc) is 2.87. The topological polar surface area (TPSA) is 136 Å². The highest BCUT2D eigenvalue weighted by Gasteiger charge is 2.29. The Hall–Kier alpha value is -4.45. The van der Waals surface area contributed by atoms with Gasteiger partial charge >= 0.3 is 5.97 Å². The molecule has 3 aromatic carbocycles. The molecule has 12 heteroatoms. The van der Waals surface area contributed by atoms with Crippen LogP contribution in [0.5, 0.6) is 11.5 Å². The molecular formula is C25H25N3O8S. The lowest BCUT2D eigenvalue weighted by molar-refractivity contribution is -0.384. The maximum atomic E-state index is 13.3. The molecule has 3 rings (SSSR count). The Morgan fingerprint density at radius 1 is 0.973 bits per heavy atom. The number of benzene rings is 3. The molecule has 0 aromatic heterocycles. The summed E-state index contributed by atoms with van der Waals surface area (Å²) in [6.07, 6.45) is 0.913. The molecule has 1 amide bonds. The molecule has 194 valence electrons. The Morgan fingerprint density at radius 3 is 2.16 bits per heavy atom. The summed E-state index contributed by atoms with van der Waals surface area (Å²) in [4.78, 5) is 37.4. The van der Waals surface area contributed by atoms with Gasteiger partial charge in [0.15, 0.2) is 5.75 Å². The molecule has 0 saturated heterocycles. The van der Waals surface area contributed by atoms with Gasteiger partial charge in [-0.25, -0.2) is 12.7 Å². The van der Waals surface area contributed by atoms with Gasteiger partial charge < -0.3 is 14.4 Å². The van der Waals surface area contributed by atoms with E-state index in [4.69, 9.17) is 9.47 Å². The van der Waals surface area contributed by atoms with Crippen molar-refractivity contribution in [3.63, 3.8) is 0 Å². The number of carbonyl (C=O) groups is 2. The molecular weight excluding hydrogens is 502 g/mol. The van der Waals surface area contributed by atoms with Crippen LogP contribution in [-0.2, 0) is 19.6 Å². The number of nitro groups is 1. The summed E-state index contributed by atoms with van der Waals surface area (Å²) in [5.74, 6) is -1.17. The van der Waals surface area contributed by atoms with Crippen molar-refractivity contribution in [1.29, 1.82) is 0 Å². The van der Waals surface area contributed by atoms with Crippen LogP contribution in [0.3, 0.4) is 0 Å². The van der Waals surface area contributed by atoms with Crippen LogP contribution in [0.1, 0.15) is 17.3 Å². The molecule has 0 radical (unpaired) electrons. The van der Waals surface area contributed by atoms with Gasteiger partial charge in [-0.1, -0.05) is 36.4 Å². The lowest BCUT2D eigenvalue weighted by Crippen LogP contribution is -2.46. The number of nitrogens with zero attached hydrogens (tertiary/aromatic N) is 3. The minimum Gasteiger partial charge on any atom is -0.465 e. The molecule has 37 heavy (non-hydrogen) atoms. The Bertz CT molecular complexity index is 1370. The summed E-state index contributed by atoms with van der Waals surface area (Å²) >= 11 is 0. The minimum atomic E-state index is -4.09. The Labute approximate surface area is 214 Å². The lowest BCUT2D eigenvalue weighted by Gasteiger charge is -2.31. The average molecular weight is 528 g/mol. The van der Waals surface area contributed by atoms with E-state index in [1.54, 1.807) is 55.5 Å². The predicted molar refractivity (Wildman–Crippen MR) is 136 cm³/mol. The third-order valence-electron chi connectivity index (χ3n) is 5.03. The molecule has 0 aliphatic heterocycles. The molecule has 3 aromatic rings. The van der Waals surface area contributed by atoms with Crippen LogP contribution in [0.2, 0.25) is 0 Å². The van der Waals surface area contributed by atoms with Crippen molar-refractivity contribution in [2.75, 3.05) is 30.4 Å². The van der Waals surface area contributed by atoms with E-state index in [2.05, 4.69) is 0 Å². The first-order valence-corrected chi connectivity index (χ1v) is 12.9. The highest BCUT2D eigenvalue weighted by atomic mass is 32.2. The Morgan fingerprint density at radius 2 is 1.59 bits per heavy atom. The largest absolute Gasteiger partial charge is 0.465 e. The lowest BCUT2D eigenvalue weighted by atomic mass is 10.2. The summed E-state index contributed by atoms with van der Waals surface area (Å²) < 4.78 is 37.5. The van der Waals surface area contributed by atoms with Gasteiger partial charge in [-0.05, 0) is 37.3 Å². The van der Waals surface area contributed by atoms with Crippen LogP contribution in [0, 0.1) is 10.1 Å². The van der Waals surface area contributed by atoms with Crippen molar-refractivity contribution in [1.82, 2.24) is 4.90 Å². The van der Waals surface area contributed by atoms with Crippen LogP contribution in [0.25, 0.3) is 0 Å². The number of anilines is 1. The van der Waals surface area contributed by atoms with E-state index in [9.17, 15) is 28.1 Å². The number of ether oxygens (including phenoxy) is 2. The van der Waals surface area contributed by atoms with Crippen LogP contribution in [0.4, 0.5) is 11.4 Å². The standard InChI is InChI=1S/C25H25N3O8S/c1-3-35-24(29)17-26(25(30)19-10-6-4-7-11-19)18-27(37(2,33)34)22-15-14-20(28(31)32)16-23(22)36-21-12-8-5-9-13-21/h4-16H,3,17-18H2,1-2H3. The second kappa shape index (κ2) is 12.0. The normalized spacial score (nSPS) is 10.9. The molecule has 11 nitrogen and oxygen atoms in total. The number of nitro benzene ring substituents is 1. The Kier molecular flexibility index (Phi) is 8.80. The van der Waals surface area contributed by atoms with Gasteiger partial charge in [0.25, 0.3) is 11.6 Å². The minimum absolute atomic E-state index is 0.0633. The predicted octanol–water partition coefficient (Wildman–Crippen LogP) is 3.82. The summed E-state index contributed by atoms with van der Waals surface area (Å²) in [6, 6.07) is 19.8. The van der Waals surface area contributed by atoms with E-state index < -0.39 is 40.0 Å². The zero-order valence-electron chi connectivity index (χ0n) is 20.1. The van der Waals surface area contributed by atoms with Crippen molar-refractivity contribution in [3.8, 4) is 11.5 Å². The van der Waals surface area contributed by atoms with E-state index in [1.165, 1.54) is 18.2 Å². The first-order chi connectivity index (χ1) is 17.6. The summed E-state index contributed by atoms with van der Waals surface area (Å²) in [5.41, 5.74) is -0.164. The first-order valence-electron chi connectivity index (χ1n) is 11.1. The van der Waals surface area contributed by atoms with Crippen LogP contribution in [0.15, 0.2) is 78.9 Å². The number of hydrogen-bond acceptors (Lipinski definition) is 8. The van der Waals surface area contributed by atoms with Crippen molar-refractivity contribution in [2.24, 2.45) is 0 Å². The number of para-hydroxylation sites is 1. The molecule has 0 spiro atoms. The van der Waals surface area contributed by atoms with Crippen molar-refractivity contribution in [2.45, 2.75) is 6.92 Å².